The van der Waals surface area contributed by atoms with Crippen molar-refractivity contribution in [3.05, 3.63) is 59.2 Å². The first-order valence-corrected chi connectivity index (χ1v) is 11.3. The average molecular weight is 499 g/mol. The van der Waals surface area contributed by atoms with E-state index in [0.29, 0.717) is 11.3 Å². The van der Waals surface area contributed by atoms with Crippen LogP contribution >= 0.6 is 0 Å². The predicted molar refractivity (Wildman–Crippen MR) is 126 cm³/mol. The molecular formula is C24H29FN7O4+. The fourth-order valence-corrected chi connectivity index (χ4v) is 3.13. The van der Waals surface area contributed by atoms with Crippen molar-refractivity contribution in [2.75, 3.05) is 6.54 Å². The van der Waals surface area contributed by atoms with Crippen LogP contribution in [0.2, 0.25) is 0 Å². The second kappa shape index (κ2) is 11.5. The Bertz CT molecular complexity index is 1240. The number of aromatic amines is 1. The van der Waals surface area contributed by atoms with Crippen LogP contribution in [-0.4, -0.2) is 50.3 Å². The number of rotatable bonds is 9. The Kier molecular flexibility index (Phi) is 8.41. The highest BCUT2D eigenvalue weighted by atomic mass is 19.1. The van der Waals surface area contributed by atoms with Gasteiger partial charge in [-0.25, -0.2) is 9.37 Å². The lowest BCUT2D eigenvalue weighted by atomic mass is 10.1. The second-order valence-corrected chi connectivity index (χ2v) is 9.07. The lowest BCUT2D eigenvalue weighted by molar-refractivity contribution is -0.794. The first-order chi connectivity index (χ1) is 17.0. The lowest BCUT2D eigenvalue weighted by Gasteiger charge is -2.19. The SMILES string of the molecule is Cc1cc(-c2n[nH][n+](CC(=O)NCCC(=O)OC(C)(C)C)n2)cc(C(=O)NCc2ccc(F)cc2)n1. The number of pyridine rings is 1. The maximum absolute atomic E-state index is 13.1. The van der Waals surface area contributed by atoms with E-state index in [-0.39, 0.29) is 49.3 Å². The molecule has 0 aliphatic carbocycles. The van der Waals surface area contributed by atoms with Crippen LogP contribution in [0.25, 0.3) is 11.4 Å². The van der Waals surface area contributed by atoms with Gasteiger partial charge in [-0.05, 0) is 67.8 Å². The third-order valence-electron chi connectivity index (χ3n) is 4.66. The summed E-state index contributed by atoms with van der Waals surface area (Å²) in [6, 6.07) is 9.08. The minimum absolute atomic E-state index is 0.0532. The Morgan fingerprint density at radius 1 is 1.11 bits per heavy atom. The molecule has 2 heterocycles. The highest BCUT2D eigenvalue weighted by molar-refractivity contribution is 5.93. The third kappa shape index (κ3) is 8.22. The summed E-state index contributed by atoms with van der Waals surface area (Å²) in [6.45, 7) is 7.26. The van der Waals surface area contributed by atoms with Gasteiger partial charge in [-0.15, -0.1) is 0 Å². The van der Waals surface area contributed by atoms with E-state index < -0.39 is 17.5 Å². The van der Waals surface area contributed by atoms with Gasteiger partial charge in [0.05, 0.1) is 17.1 Å². The number of hydrogen-bond acceptors (Lipinski definition) is 7. The third-order valence-corrected chi connectivity index (χ3v) is 4.66. The number of nitrogens with one attached hydrogen (secondary N) is 3. The first kappa shape index (κ1) is 26.4. The van der Waals surface area contributed by atoms with E-state index in [2.05, 4.69) is 31.0 Å². The van der Waals surface area contributed by atoms with Crippen LogP contribution in [0.1, 0.15) is 48.9 Å². The Labute approximate surface area is 207 Å². The summed E-state index contributed by atoms with van der Waals surface area (Å²) < 4.78 is 18.2. The van der Waals surface area contributed by atoms with Gasteiger partial charge >= 0.3 is 11.8 Å². The van der Waals surface area contributed by atoms with Gasteiger partial charge in [-0.3, -0.25) is 14.4 Å². The van der Waals surface area contributed by atoms with E-state index >= 15 is 0 Å². The number of halogens is 1. The summed E-state index contributed by atoms with van der Waals surface area (Å²) in [5, 5.41) is 16.4. The fourth-order valence-electron chi connectivity index (χ4n) is 3.13. The predicted octanol–water partition coefficient (Wildman–Crippen LogP) is 1.38. The van der Waals surface area contributed by atoms with Gasteiger partial charge in [-0.2, -0.15) is 0 Å². The van der Waals surface area contributed by atoms with Gasteiger partial charge in [0.2, 0.25) is 6.54 Å². The van der Waals surface area contributed by atoms with Crippen molar-refractivity contribution in [2.45, 2.75) is 52.8 Å². The second-order valence-electron chi connectivity index (χ2n) is 9.07. The maximum Gasteiger partial charge on any atom is 0.338 e. The van der Waals surface area contributed by atoms with Crippen LogP contribution < -0.4 is 15.4 Å². The highest BCUT2D eigenvalue weighted by Gasteiger charge is 2.20. The molecule has 2 aromatic heterocycles. The molecule has 0 atom stereocenters. The summed E-state index contributed by atoms with van der Waals surface area (Å²) in [6.07, 6.45) is 0.0532. The van der Waals surface area contributed by atoms with Crippen LogP contribution in [-0.2, 0) is 27.4 Å². The van der Waals surface area contributed by atoms with Crippen molar-refractivity contribution >= 4 is 17.8 Å². The Balaban J connectivity index is 1.56. The van der Waals surface area contributed by atoms with Gasteiger partial charge in [-0.1, -0.05) is 16.9 Å². The van der Waals surface area contributed by atoms with E-state index in [9.17, 15) is 18.8 Å². The molecule has 0 fully saturated rings. The van der Waals surface area contributed by atoms with E-state index in [1.54, 1.807) is 52.0 Å². The Morgan fingerprint density at radius 3 is 2.53 bits per heavy atom. The van der Waals surface area contributed by atoms with Crippen LogP contribution in [0.15, 0.2) is 36.4 Å². The van der Waals surface area contributed by atoms with Crippen LogP contribution in [0.5, 0.6) is 0 Å². The molecule has 0 saturated heterocycles. The van der Waals surface area contributed by atoms with Gasteiger partial charge in [0, 0.05) is 18.8 Å². The summed E-state index contributed by atoms with van der Waals surface area (Å²) in [5.41, 5.74) is 1.45. The number of hydrogen-bond donors (Lipinski definition) is 3. The summed E-state index contributed by atoms with van der Waals surface area (Å²) in [5.74, 6) is -1.25. The molecule has 0 spiro atoms. The number of tetrazole rings is 1. The zero-order chi connectivity index (χ0) is 26.3. The molecule has 36 heavy (non-hydrogen) atoms. The average Bonchev–Trinajstić information content (AvgIpc) is 3.25. The Morgan fingerprint density at radius 2 is 1.83 bits per heavy atom. The highest BCUT2D eigenvalue weighted by Crippen LogP contribution is 2.15. The maximum atomic E-state index is 13.1. The summed E-state index contributed by atoms with van der Waals surface area (Å²) in [7, 11) is 0. The number of esters is 1. The molecule has 190 valence electrons. The van der Waals surface area contributed by atoms with E-state index in [4.69, 9.17) is 4.74 Å². The van der Waals surface area contributed by atoms with E-state index in [1.807, 2.05) is 0 Å². The number of carbonyl (C=O) groups is 3. The van der Waals surface area contributed by atoms with Crippen LogP contribution in [0, 0.1) is 12.7 Å². The van der Waals surface area contributed by atoms with Crippen molar-refractivity contribution in [3.63, 3.8) is 0 Å². The molecule has 12 heteroatoms. The topological polar surface area (TPSA) is 143 Å². The smallest absolute Gasteiger partial charge is 0.338 e. The Hall–Kier alpha value is -4.22. The van der Waals surface area contributed by atoms with Gasteiger partial charge in [0.15, 0.2) is 0 Å². The quantitative estimate of drug-likeness (QED) is 0.299. The molecule has 0 saturated carbocycles. The van der Waals surface area contributed by atoms with Gasteiger partial charge in [0.1, 0.15) is 17.1 Å². The van der Waals surface area contributed by atoms with E-state index in [0.717, 1.165) is 5.56 Å². The number of ether oxygens (including phenoxy) is 1. The molecule has 3 aromatic rings. The molecule has 11 nitrogen and oxygen atoms in total. The van der Waals surface area contributed by atoms with Crippen molar-refractivity contribution in [1.29, 1.82) is 0 Å². The number of nitrogens with zero attached hydrogens (tertiary/aromatic N) is 4. The summed E-state index contributed by atoms with van der Waals surface area (Å²) >= 11 is 0. The zero-order valence-electron chi connectivity index (χ0n) is 20.6. The molecule has 0 bridgehead atoms. The molecule has 3 rings (SSSR count). The molecule has 1 aromatic carbocycles. The largest absolute Gasteiger partial charge is 0.460 e. The van der Waals surface area contributed by atoms with Crippen molar-refractivity contribution in [1.82, 2.24) is 31.0 Å². The molecule has 2 amide bonds. The van der Waals surface area contributed by atoms with Gasteiger partial charge in [0.25, 0.3) is 11.8 Å². The molecule has 0 aliphatic heterocycles. The molecule has 0 radical (unpaired) electrons. The van der Waals surface area contributed by atoms with Crippen molar-refractivity contribution in [2.24, 2.45) is 0 Å². The first-order valence-electron chi connectivity index (χ1n) is 11.3. The fraction of sp³-hybridized carbons (Fsp3) is 0.375. The number of carbonyl (C=O) groups excluding carboxylic acids is 3. The number of benzene rings is 1. The minimum atomic E-state index is -0.582. The molecular weight excluding hydrogens is 469 g/mol. The molecule has 3 N–H and O–H groups in total. The van der Waals surface area contributed by atoms with Crippen molar-refractivity contribution < 1.29 is 28.3 Å². The monoisotopic (exact) mass is 498 g/mol. The molecule has 0 aliphatic rings. The van der Waals surface area contributed by atoms with Crippen molar-refractivity contribution in [3.8, 4) is 11.4 Å². The summed E-state index contributed by atoms with van der Waals surface area (Å²) in [4.78, 5) is 42.0. The number of H-pyrrole nitrogens is 1. The lowest BCUT2D eigenvalue weighted by Crippen LogP contribution is -2.47. The number of aryl methyl sites for hydroxylation is 1. The number of amides is 2. The number of aromatic nitrogens is 5. The molecule has 0 unspecified atom stereocenters. The standard InChI is InChI=1S/C24H28FN7O4/c1-15-11-17(12-19(28-15)23(35)27-13-16-5-7-18(25)8-6-16)22-29-31-32(30-22)14-20(33)26-10-9-21(34)36-24(2,3)4/h5-8,11-12H,9-10,13-14H2,1-4H3,(H2,26,27,33,35)/p+1. The normalized spacial score (nSPS) is 11.1. The van der Waals surface area contributed by atoms with E-state index in [1.165, 1.54) is 16.9 Å². The van der Waals surface area contributed by atoms with Crippen LogP contribution in [0.4, 0.5) is 4.39 Å². The van der Waals surface area contributed by atoms with Gasteiger partial charge < -0.3 is 15.4 Å². The zero-order valence-corrected chi connectivity index (χ0v) is 20.6. The van der Waals surface area contributed by atoms with Crippen LogP contribution in [0.3, 0.4) is 0 Å². The minimum Gasteiger partial charge on any atom is -0.460 e.